The number of aromatic nitrogens is 1. The SMILES string of the molecule is Cc1ccc(-c2nc(CCOc3ccc(CN(CC(=O)O)S(=O)(=O)N(C)C)cc3)c(C)o2)cc1. The zero-order valence-corrected chi connectivity index (χ0v) is 20.5. The number of aliphatic carboxylic acids is 1. The van der Waals surface area contributed by atoms with Gasteiger partial charge >= 0.3 is 5.97 Å². The molecular formula is C24H29N3O6S. The van der Waals surface area contributed by atoms with Crippen LogP contribution >= 0.6 is 0 Å². The quantitative estimate of drug-likeness (QED) is 0.442. The molecule has 0 bridgehead atoms. The maximum absolute atomic E-state index is 12.4. The number of carbonyl (C=O) groups is 1. The standard InChI is InChI=1S/C24H29N3O6S/c1-17-5-9-20(10-6-17)24-25-22(18(2)33-24)13-14-32-21-11-7-19(8-12-21)15-27(16-23(28)29)34(30,31)26(3)4/h5-12H,13-16H2,1-4H3,(H,28,29). The smallest absolute Gasteiger partial charge is 0.318 e. The summed E-state index contributed by atoms with van der Waals surface area (Å²) in [6, 6.07) is 14.9. The van der Waals surface area contributed by atoms with Crippen molar-refractivity contribution in [2.75, 3.05) is 27.2 Å². The fourth-order valence-electron chi connectivity index (χ4n) is 3.24. The highest BCUT2D eigenvalue weighted by Gasteiger charge is 2.26. The molecule has 34 heavy (non-hydrogen) atoms. The van der Waals surface area contributed by atoms with Crippen LogP contribution in [0.1, 0.15) is 22.6 Å². The number of hydrogen-bond acceptors (Lipinski definition) is 6. The van der Waals surface area contributed by atoms with Crippen molar-refractivity contribution in [3.8, 4) is 17.2 Å². The molecule has 0 aliphatic carbocycles. The van der Waals surface area contributed by atoms with Gasteiger partial charge in [0.2, 0.25) is 5.89 Å². The molecule has 1 aromatic heterocycles. The summed E-state index contributed by atoms with van der Waals surface area (Å²) in [6.07, 6.45) is 0.566. The predicted octanol–water partition coefficient (Wildman–Crippen LogP) is 3.27. The third-order valence-electron chi connectivity index (χ3n) is 5.18. The van der Waals surface area contributed by atoms with Crippen molar-refractivity contribution in [3.63, 3.8) is 0 Å². The molecule has 1 heterocycles. The second kappa shape index (κ2) is 10.8. The van der Waals surface area contributed by atoms with Crippen LogP contribution in [0, 0.1) is 13.8 Å². The van der Waals surface area contributed by atoms with Gasteiger partial charge in [0.1, 0.15) is 18.1 Å². The van der Waals surface area contributed by atoms with Gasteiger partial charge in [-0.2, -0.15) is 17.0 Å². The average Bonchev–Trinajstić information content (AvgIpc) is 3.15. The Balaban J connectivity index is 1.59. The first kappa shape index (κ1) is 25.4. The van der Waals surface area contributed by atoms with E-state index in [9.17, 15) is 13.2 Å². The minimum Gasteiger partial charge on any atom is -0.493 e. The van der Waals surface area contributed by atoms with Crippen LogP contribution in [0.2, 0.25) is 0 Å². The molecular weight excluding hydrogens is 458 g/mol. The first-order valence-corrected chi connectivity index (χ1v) is 12.1. The monoisotopic (exact) mass is 487 g/mol. The Morgan fingerprint density at radius 3 is 2.29 bits per heavy atom. The minimum absolute atomic E-state index is 0.0625. The van der Waals surface area contributed by atoms with Crippen LogP contribution < -0.4 is 4.74 Å². The molecule has 0 atom stereocenters. The van der Waals surface area contributed by atoms with Gasteiger partial charge in [0.15, 0.2) is 0 Å². The number of carboxylic acids is 1. The molecule has 0 unspecified atom stereocenters. The third kappa shape index (κ3) is 6.43. The Morgan fingerprint density at radius 2 is 1.71 bits per heavy atom. The summed E-state index contributed by atoms with van der Waals surface area (Å²) in [5.74, 6) is 0.716. The van der Waals surface area contributed by atoms with Gasteiger partial charge in [-0.05, 0) is 43.7 Å². The number of ether oxygens (including phenoxy) is 1. The van der Waals surface area contributed by atoms with Crippen molar-refractivity contribution in [3.05, 3.63) is 71.1 Å². The second-order valence-electron chi connectivity index (χ2n) is 8.08. The molecule has 1 N–H and O–H groups in total. The van der Waals surface area contributed by atoms with E-state index in [-0.39, 0.29) is 6.54 Å². The van der Waals surface area contributed by atoms with Crippen molar-refractivity contribution in [2.45, 2.75) is 26.8 Å². The van der Waals surface area contributed by atoms with Gasteiger partial charge in [0, 0.05) is 32.6 Å². The number of aryl methyl sites for hydroxylation is 2. The lowest BCUT2D eigenvalue weighted by Crippen LogP contribution is -2.42. The summed E-state index contributed by atoms with van der Waals surface area (Å²) >= 11 is 0. The Hall–Kier alpha value is -3.21. The van der Waals surface area contributed by atoms with E-state index in [4.69, 9.17) is 14.3 Å². The van der Waals surface area contributed by atoms with Gasteiger partial charge in [0.05, 0.1) is 12.3 Å². The van der Waals surface area contributed by atoms with Crippen molar-refractivity contribution < 1.29 is 27.5 Å². The molecule has 0 amide bonds. The maximum Gasteiger partial charge on any atom is 0.318 e. The van der Waals surface area contributed by atoms with Gasteiger partial charge in [0.25, 0.3) is 10.2 Å². The van der Waals surface area contributed by atoms with Gasteiger partial charge in [-0.25, -0.2) is 4.98 Å². The zero-order chi connectivity index (χ0) is 24.9. The fourth-order valence-corrected chi connectivity index (χ4v) is 4.29. The number of carboxylic acid groups (broad SMARTS) is 1. The highest BCUT2D eigenvalue weighted by Crippen LogP contribution is 2.23. The molecule has 0 spiro atoms. The normalized spacial score (nSPS) is 11.8. The van der Waals surface area contributed by atoms with Gasteiger partial charge in [-0.1, -0.05) is 29.8 Å². The van der Waals surface area contributed by atoms with Crippen LogP contribution in [0.4, 0.5) is 0 Å². The van der Waals surface area contributed by atoms with Crippen LogP contribution in [0.3, 0.4) is 0 Å². The van der Waals surface area contributed by atoms with Crippen LogP contribution in [0.5, 0.6) is 5.75 Å². The Labute approximate surface area is 199 Å². The molecule has 3 aromatic rings. The lowest BCUT2D eigenvalue weighted by atomic mass is 10.1. The van der Waals surface area contributed by atoms with Crippen LogP contribution in [0.25, 0.3) is 11.5 Å². The second-order valence-corrected chi connectivity index (χ2v) is 10.2. The summed E-state index contributed by atoms with van der Waals surface area (Å²) in [6.45, 7) is 3.60. The number of hydrogen-bond donors (Lipinski definition) is 1. The highest BCUT2D eigenvalue weighted by molar-refractivity contribution is 7.86. The van der Waals surface area contributed by atoms with Crippen molar-refractivity contribution in [2.24, 2.45) is 0 Å². The Kier molecular flexibility index (Phi) is 8.08. The molecule has 0 aliphatic heterocycles. The maximum atomic E-state index is 12.4. The minimum atomic E-state index is -3.87. The molecule has 9 nitrogen and oxygen atoms in total. The molecule has 182 valence electrons. The molecule has 0 saturated carbocycles. The largest absolute Gasteiger partial charge is 0.493 e. The molecule has 0 saturated heterocycles. The number of oxazole rings is 1. The lowest BCUT2D eigenvalue weighted by molar-refractivity contribution is -0.137. The summed E-state index contributed by atoms with van der Waals surface area (Å²) < 4.78 is 38.3. The number of rotatable bonds is 11. The third-order valence-corrected chi connectivity index (χ3v) is 7.01. The van der Waals surface area contributed by atoms with Crippen molar-refractivity contribution in [1.29, 1.82) is 0 Å². The molecule has 10 heteroatoms. The van der Waals surface area contributed by atoms with E-state index in [2.05, 4.69) is 4.98 Å². The summed E-state index contributed by atoms with van der Waals surface area (Å²) in [5.41, 5.74) is 3.56. The van der Waals surface area contributed by atoms with Crippen molar-refractivity contribution >= 4 is 16.2 Å². The van der Waals surface area contributed by atoms with Crippen LogP contribution in [-0.2, 0) is 28.0 Å². The van der Waals surface area contributed by atoms with E-state index in [0.717, 1.165) is 25.6 Å². The summed E-state index contributed by atoms with van der Waals surface area (Å²) in [5, 5.41) is 9.08. The van der Waals surface area contributed by atoms with E-state index < -0.39 is 22.7 Å². The molecule has 3 rings (SSSR count). The van der Waals surface area contributed by atoms with E-state index in [1.807, 2.05) is 38.1 Å². The van der Waals surface area contributed by atoms with Gasteiger partial charge < -0.3 is 14.3 Å². The molecule has 0 aliphatic rings. The fraction of sp³-hybridized carbons (Fsp3) is 0.333. The van der Waals surface area contributed by atoms with Crippen molar-refractivity contribution in [1.82, 2.24) is 13.6 Å². The van der Waals surface area contributed by atoms with E-state index in [1.165, 1.54) is 19.7 Å². The summed E-state index contributed by atoms with van der Waals surface area (Å²) in [7, 11) is -1.15. The highest BCUT2D eigenvalue weighted by atomic mass is 32.2. The predicted molar refractivity (Wildman–Crippen MR) is 128 cm³/mol. The molecule has 2 aromatic carbocycles. The van der Waals surface area contributed by atoms with Gasteiger partial charge in [-0.15, -0.1) is 0 Å². The summed E-state index contributed by atoms with van der Waals surface area (Å²) in [4.78, 5) is 15.7. The Morgan fingerprint density at radius 1 is 1.06 bits per heavy atom. The topological polar surface area (TPSA) is 113 Å². The van der Waals surface area contributed by atoms with E-state index in [1.54, 1.807) is 24.3 Å². The van der Waals surface area contributed by atoms with Gasteiger partial charge in [-0.3, -0.25) is 4.79 Å². The van der Waals surface area contributed by atoms with E-state index >= 15 is 0 Å². The van der Waals surface area contributed by atoms with Crippen LogP contribution in [-0.4, -0.2) is 60.3 Å². The zero-order valence-electron chi connectivity index (χ0n) is 19.7. The van der Waals surface area contributed by atoms with Crippen LogP contribution in [0.15, 0.2) is 52.9 Å². The molecule has 0 radical (unpaired) electrons. The molecule has 0 fully saturated rings. The first-order valence-electron chi connectivity index (χ1n) is 10.7. The first-order chi connectivity index (χ1) is 16.1. The van der Waals surface area contributed by atoms with E-state index in [0.29, 0.717) is 30.2 Å². The average molecular weight is 488 g/mol. The Bertz CT molecular complexity index is 1220. The lowest BCUT2D eigenvalue weighted by Gasteiger charge is -2.24. The number of benzene rings is 2. The number of nitrogens with zero attached hydrogens (tertiary/aromatic N) is 3.